The van der Waals surface area contributed by atoms with Gasteiger partial charge in [0, 0.05) is 16.3 Å². The van der Waals surface area contributed by atoms with E-state index in [0.717, 1.165) is 5.56 Å². The lowest BCUT2D eigenvalue weighted by Crippen LogP contribution is -2.27. The summed E-state index contributed by atoms with van der Waals surface area (Å²) in [6, 6.07) is 13.9. The summed E-state index contributed by atoms with van der Waals surface area (Å²) >= 11 is 6.11. The second kappa shape index (κ2) is 8.60. The van der Waals surface area contributed by atoms with Gasteiger partial charge in [0.05, 0.1) is 0 Å². The molecular weight excluding hydrogens is 370 g/mol. The molecule has 0 saturated carbocycles. The highest BCUT2D eigenvalue weighted by Crippen LogP contribution is 2.24. The number of carbonyl (C=O) groups is 2. The molecule has 0 radical (unpaired) electrons. The summed E-state index contributed by atoms with van der Waals surface area (Å²) in [6.07, 6.45) is 0.0242. The zero-order valence-corrected chi connectivity index (χ0v) is 15.4. The molecule has 6 nitrogen and oxygen atoms in total. The van der Waals surface area contributed by atoms with Crippen molar-refractivity contribution >= 4 is 29.2 Å². The molecule has 1 heterocycles. The van der Waals surface area contributed by atoms with Crippen LogP contribution in [0.25, 0.3) is 0 Å². The van der Waals surface area contributed by atoms with Crippen molar-refractivity contribution in [3.05, 3.63) is 76.7 Å². The molecule has 1 atom stereocenters. The number of nitrogens with one attached hydrogen (secondary N) is 1. The Labute approximate surface area is 161 Å². The SMILES string of the molecule is Cc1ccc(NC(=O)[C@H](OC(=O)C2=COCCO2)c2ccccc2)cc1Cl. The number of esters is 1. The molecule has 7 heteroatoms. The quantitative estimate of drug-likeness (QED) is 0.791. The molecule has 3 rings (SSSR count). The van der Waals surface area contributed by atoms with E-state index >= 15 is 0 Å². The summed E-state index contributed by atoms with van der Waals surface area (Å²) < 4.78 is 15.7. The normalized spacial score (nSPS) is 14.2. The van der Waals surface area contributed by atoms with Crippen LogP contribution >= 0.6 is 11.6 Å². The molecule has 2 aromatic carbocycles. The molecule has 1 aliphatic rings. The average molecular weight is 388 g/mol. The highest BCUT2D eigenvalue weighted by atomic mass is 35.5. The molecule has 1 N–H and O–H groups in total. The Kier molecular flexibility index (Phi) is 5.98. The van der Waals surface area contributed by atoms with Crippen LogP contribution in [0.2, 0.25) is 5.02 Å². The highest BCUT2D eigenvalue weighted by Gasteiger charge is 2.28. The molecule has 0 unspecified atom stereocenters. The first-order chi connectivity index (χ1) is 13.0. The van der Waals surface area contributed by atoms with Crippen molar-refractivity contribution in [3.63, 3.8) is 0 Å². The van der Waals surface area contributed by atoms with Crippen LogP contribution in [0, 0.1) is 6.92 Å². The van der Waals surface area contributed by atoms with E-state index in [2.05, 4.69) is 5.32 Å². The van der Waals surface area contributed by atoms with Gasteiger partial charge >= 0.3 is 5.97 Å². The van der Waals surface area contributed by atoms with Gasteiger partial charge in [-0.1, -0.05) is 48.0 Å². The molecule has 0 aliphatic carbocycles. The van der Waals surface area contributed by atoms with Crippen molar-refractivity contribution in [1.29, 1.82) is 0 Å². The fraction of sp³-hybridized carbons (Fsp3) is 0.200. The van der Waals surface area contributed by atoms with Crippen LogP contribution < -0.4 is 5.32 Å². The zero-order valence-electron chi connectivity index (χ0n) is 14.6. The van der Waals surface area contributed by atoms with Crippen LogP contribution in [0.15, 0.2) is 60.6 Å². The van der Waals surface area contributed by atoms with Gasteiger partial charge in [0.25, 0.3) is 5.91 Å². The molecule has 0 fully saturated rings. The van der Waals surface area contributed by atoms with Crippen LogP contribution in [-0.4, -0.2) is 25.1 Å². The molecule has 27 heavy (non-hydrogen) atoms. The van der Waals surface area contributed by atoms with E-state index in [9.17, 15) is 9.59 Å². The fourth-order valence-corrected chi connectivity index (χ4v) is 2.60. The van der Waals surface area contributed by atoms with Crippen molar-refractivity contribution in [2.45, 2.75) is 13.0 Å². The van der Waals surface area contributed by atoms with Gasteiger partial charge in [-0.2, -0.15) is 0 Å². The van der Waals surface area contributed by atoms with Gasteiger partial charge in [0.15, 0.2) is 0 Å². The summed E-state index contributed by atoms with van der Waals surface area (Å²) in [5.41, 5.74) is 1.92. The predicted molar refractivity (Wildman–Crippen MR) is 100 cm³/mol. The average Bonchev–Trinajstić information content (AvgIpc) is 2.70. The lowest BCUT2D eigenvalue weighted by Gasteiger charge is -2.20. The number of carbonyl (C=O) groups excluding carboxylic acids is 2. The summed E-state index contributed by atoms with van der Waals surface area (Å²) in [4.78, 5) is 25.1. The van der Waals surface area contributed by atoms with E-state index in [1.165, 1.54) is 6.26 Å². The molecule has 1 amide bonds. The Balaban J connectivity index is 1.80. The van der Waals surface area contributed by atoms with Gasteiger partial charge in [-0.25, -0.2) is 4.79 Å². The van der Waals surface area contributed by atoms with E-state index in [1.54, 1.807) is 48.5 Å². The monoisotopic (exact) mass is 387 g/mol. The predicted octanol–water partition coefficient (Wildman–Crippen LogP) is 3.76. The second-order valence-corrected chi connectivity index (χ2v) is 6.26. The third-order valence-corrected chi connectivity index (χ3v) is 4.26. The fourth-order valence-electron chi connectivity index (χ4n) is 2.42. The number of rotatable bonds is 5. The van der Waals surface area contributed by atoms with Crippen LogP contribution in [0.3, 0.4) is 0 Å². The molecular formula is C20H18ClNO5. The molecule has 0 bridgehead atoms. The summed E-state index contributed by atoms with van der Waals surface area (Å²) in [5, 5.41) is 3.25. The number of amides is 1. The maximum atomic E-state index is 12.8. The van der Waals surface area contributed by atoms with Crippen molar-refractivity contribution in [1.82, 2.24) is 0 Å². The van der Waals surface area contributed by atoms with E-state index in [1.807, 2.05) is 6.92 Å². The van der Waals surface area contributed by atoms with Crippen molar-refractivity contribution in [2.24, 2.45) is 0 Å². The topological polar surface area (TPSA) is 73.9 Å². The first-order valence-corrected chi connectivity index (χ1v) is 8.70. The van der Waals surface area contributed by atoms with Gasteiger partial charge in [-0.3, -0.25) is 4.79 Å². The number of ether oxygens (including phenoxy) is 3. The Morgan fingerprint density at radius 2 is 1.93 bits per heavy atom. The summed E-state index contributed by atoms with van der Waals surface area (Å²) in [7, 11) is 0. The zero-order chi connectivity index (χ0) is 19.2. The van der Waals surface area contributed by atoms with Crippen LogP contribution in [0.5, 0.6) is 0 Å². The number of hydrogen-bond donors (Lipinski definition) is 1. The van der Waals surface area contributed by atoms with E-state index < -0.39 is 18.0 Å². The maximum absolute atomic E-state index is 12.8. The molecule has 0 saturated heterocycles. The number of anilines is 1. The maximum Gasteiger partial charge on any atom is 0.378 e. The third kappa shape index (κ3) is 4.80. The van der Waals surface area contributed by atoms with Crippen molar-refractivity contribution < 1.29 is 23.8 Å². The smallest absolute Gasteiger partial charge is 0.378 e. The van der Waals surface area contributed by atoms with Crippen LogP contribution in [0.1, 0.15) is 17.2 Å². The minimum absolute atomic E-state index is 0.0756. The molecule has 0 aromatic heterocycles. The molecule has 0 spiro atoms. The van der Waals surface area contributed by atoms with Crippen molar-refractivity contribution in [2.75, 3.05) is 18.5 Å². The lowest BCUT2D eigenvalue weighted by atomic mass is 10.1. The minimum Gasteiger partial charge on any atom is -0.493 e. The lowest BCUT2D eigenvalue weighted by molar-refractivity contribution is -0.155. The first-order valence-electron chi connectivity index (χ1n) is 8.32. The van der Waals surface area contributed by atoms with Crippen LogP contribution in [-0.2, 0) is 23.8 Å². The number of benzene rings is 2. The van der Waals surface area contributed by atoms with Gasteiger partial charge in [-0.15, -0.1) is 0 Å². The van der Waals surface area contributed by atoms with E-state index in [0.29, 0.717) is 22.9 Å². The number of aryl methyl sites for hydroxylation is 1. The number of halogens is 1. The molecule has 2 aromatic rings. The van der Waals surface area contributed by atoms with Gasteiger partial charge in [0.2, 0.25) is 11.9 Å². The van der Waals surface area contributed by atoms with E-state index in [-0.39, 0.29) is 12.4 Å². The summed E-state index contributed by atoms with van der Waals surface area (Å²) in [6.45, 7) is 2.46. The number of hydrogen-bond acceptors (Lipinski definition) is 5. The first kappa shape index (κ1) is 18.8. The Bertz CT molecular complexity index is 866. The molecule has 1 aliphatic heterocycles. The largest absolute Gasteiger partial charge is 0.493 e. The minimum atomic E-state index is -1.16. The van der Waals surface area contributed by atoms with Gasteiger partial charge in [-0.05, 0) is 24.6 Å². The Morgan fingerprint density at radius 3 is 2.59 bits per heavy atom. The van der Waals surface area contributed by atoms with E-state index in [4.69, 9.17) is 25.8 Å². The second-order valence-electron chi connectivity index (χ2n) is 5.85. The van der Waals surface area contributed by atoms with Gasteiger partial charge in [0.1, 0.15) is 19.5 Å². The summed E-state index contributed by atoms with van der Waals surface area (Å²) in [5.74, 6) is -1.36. The van der Waals surface area contributed by atoms with Crippen molar-refractivity contribution in [3.8, 4) is 0 Å². The molecule has 140 valence electrons. The third-order valence-electron chi connectivity index (χ3n) is 3.86. The van der Waals surface area contributed by atoms with Crippen LogP contribution in [0.4, 0.5) is 5.69 Å². The van der Waals surface area contributed by atoms with Gasteiger partial charge < -0.3 is 19.5 Å². The Hall–Kier alpha value is -2.99. The standard InChI is InChI=1S/C20H18ClNO5/c1-13-7-8-15(11-16(13)21)22-19(23)18(14-5-3-2-4-6-14)27-20(24)17-12-25-9-10-26-17/h2-8,11-12,18H,9-10H2,1H3,(H,22,23)/t18-/m1/s1. The highest BCUT2D eigenvalue weighted by molar-refractivity contribution is 6.31. The Morgan fingerprint density at radius 1 is 1.15 bits per heavy atom.